The molecule has 5 heteroatoms. The summed E-state index contributed by atoms with van der Waals surface area (Å²) >= 11 is 1.62. The number of ether oxygens (including phenoxy) is 2. The predicted molar refractivity (Wildman–Crippen MR) is 75.8 cm³/mol. The zero-order chi connectivity index (χ0) is 13.2. The highest BCUT2D eigenvalue weighted by Gasteiger charge is 2.13. The van der Waals surface area contributed by atoms with Crippen molar-refractivity contribution < 1.29 is 9.47 Å². The normalized spacial score (nSPS) is 15.9. The largest absolute Gasteiger partial charge is 0.490 e. The second-order valence-electron chi connectivity index (χ2n) is 4.57. The fourth-order valence-corrected chi connectivity index (χ4v) is 2.79. The zero-order valence-electron chi connectivity index (χ0n) is 10.8. The Morgan fingerprint density at radius 2 is 2.05 bits per heavy atom. The van der Waals surface area contributed by atoms with Gasteiger partial charge >= 0.3 is 0 Å². The highest BCUT2D eigenvalue weighted by Crippen LogP contribution is 2.36. The van der Waals surface area contributed by atoms with Gasteiger partial charge in [-0.3, -0.25) is 0 Å². The van der Waals surface area contributed by atoms with Gasteiger partial charge in [-0.2, -0.15) is 0 Å². The lowest BCUT2D eigenvalue weighted by Crippen LogP contribution is -2.01. The average molecular weight is 276 g/mol. The van der Waals surface area contributed by atoms with Crippen molar-refractivity contribution in [3.8, 4) is 22.1 Å². The van der Waals surface area contributed by atoms with E-state index in [-0.39, 0.29) is 6.04 Å². The number of aromatic nitrogens is 1. The van der Waals surface area contributed by atoms with Gasteiger partial charge < -0.3 is 15.2 Å². The highest BCUT2D eigenvalue weighted by molar-refractivity contribution is 7.15. The van der Waals surface area contributed by atoms with Crippen molar-refractivity contribution in [2.75, 3.05) is 13.2 Å². The third-order valence-corrected chi connectivity index (χ3v) is 4.21. The maximum absolute atomic E-state index is 5.86. The van der Waals surface area contributed by atoms with Crippen molar-refractivity contribution in [3.63, 3.8) is 0 Å². The number of benzene rings is 1. The van der Waals surface area contributed by atoms with Gasteiger partial charge in [-0.15, -0.1) is 11.3 Å². The molecule has 100 valence electrons. The lowest BCUT2D eigenvalue weighted by molar-refractivity contribution is 0.297. The second kappa shape index (κ2) is 5.19. The zero-order valence-corrected chi connectivity index (χ0v) is 11.6. The molecule has 1 aliphatic rings. The second-order valence-corrected chi connectivity index (χ2v) is 5.63. The van der Waals surface area contributed by atoms with E-state index in [2.05, 4.69) is 4.98 Å². The van der Waals surface area contributed by atoms with Crippen LogP contribution in [0.2, 0.25) is 0 Å². The van der Waals surface area contributed by atoms with Gasteiger partial charge in [-0.05, 0) is 25.1 Å². The summed E-state index contributed by atoms with van der Waals surface area (Å²) in [6.07, 6.45) is 2.75. The molecule has 2 aromatic rings. The number of nitrogens with two attached hydrogens (primary N) is 1. The van der Waals surface area contributed by atoms with Crippen LogP contribution in [0.5, 0.6) is 11.5 Å². The van der Waals surface area contributed by atoms with Crippen LogP contribution in [0.4, 0.5) is 0 Å². The molecule has 2 heterocycles. The average Bonchev–Trinajstić information content (AvgIpc) is 2.78. The summed E-state index contributed by atoms with van der Waals surface area (Å²) in [6.45, 7) is 3.36. The molecule has 4 nitrogen and oxygen atoms in total. The molecule has 1 atom stereocenters. The van der Waals surface area contributed by atoms with E-state index in [0.717, 1.165) is 33.4 Å². The van der Waals surface area contributed by atoms with E-state index in [1.807, 2.05) is 31.3 Å². The summed E-state index contributed by atoms with van der Waals surface area (Å²) in [6, 6.07) is 5.97. The Labute approximate surface area is 116 Å². The smallest absolute Gasteiger partial charge is 0.161 e. The topological polar surface area (TPSA) is 57.4 Å². The number of nitrogens with zero attached hydrogens (tertiary/aromatic N) is 1. The van der Waals surface area contributed by atoms with Gasteiger partial charge in [-0.1, -0.05) is 0 Å². The van der Waals surface area contributed by atoms with E-state index in [1.54, 1.807) is 11.3 Å². The minimum absolute atomic E-state index is 0.0201. The first-order valence-corrected chi connectivity index (χ1v) is 7.17. The quantitative estimate of drug-likeness (QED) is 0.916. The van der Waals surface area contributed by atoms with Gasteiger partial charge in [0, 0.05) is 29.1 Å². The van der Waals surface area contributed by atoms with Gasteiger partial charge in [0.1, 0.15) is 5.01 Å². The minimum atomic E-state index is 0.0201. The monoisotopic (exact) mass is 276 g/mol. The SMILES string of the molecule is CC(N)c1cnc(-c2ccc3c(c2)OCCCO3)s1. The molecule has 0 radical (unpaired) electrons. The Hall–Kier alpha value is -1.59. The van der Waals surface area contributed by atoms with Gasteiger partial charge in [0.05, 0.1) is 13.2 Å². The van der Waals surface area contributed by atoms with Gasteiger partial charge in [0.25, 0.3) is 0 Å². The van der Waals surface area contributed by atoms with Crippen LogP contribution in [0, 0.1) is 0 Å². The Morgan fingerprint density at radius 1 is 1.26 bits per heavy atom. The minimum Gasteiger partial charge on any atom is -0.490 e. The molecular formula is C14H16N2O2S. The summed E-state index contributed by atoms with van der Waals surface area (Å²) in [5.41, 5.74) is 6.91. The molecule has 0 bridgehead atoms. The standard InChI is InChI=1S/C14H16N2O2S/c1-9(15)13-8-16-14(19-13)10-3-4-11-12(7-10)18-6-2-5-17-11/h3-4,7-9H,2,5-6,15H2,1H3. The molecule has 1 aromatic carbocycles. The Balaban J connectivity index is 1.94. The van der Waals surface area contributed by atoms with E-state index in [4.69, 9.17) is 15.2 Å². The summed E-state index contributed by atoms with van der Waals surface area (Å²) in [5, 5.41) is 0.961. The van der Waals surface area contributed by atoms with Crippen LogP contribution in [0.15, 0.2) is 24.4 Å². The Morgan fingerprint density at radius 3 is 2.79 bits per heavy atom. The van der Waals surface area contributed by atoms with Crippen LogP contribution in [-0.4, -0.2) is 18.2 Å². The number of fused-ring (bicyclic) bond motifs is 1. The molecule has 0 amide bonds. The van der Waals surface area contributed by atoms with Crippen molar-refractivity contribution >= 4 is 11.3 Å². The van der Waals surface area contributed by atoms with E-state index in [9.17, 15) is 0 Å². The molecule has 1 aliphatic heterocycles. The third-order valence-electron chi connectivity index (χ3n) is 2.97. The molecule has 1 unspecified atom stereocenters. The van der Waals surface area contributed by atoms with E-state index < -0.39 is 0 Å². The Bertz CT molecular complexity index is 581. The lowest BCUT2D eigenvalue weighted by Gasteiger charge is -2.07. The number of hydrogen-bond donors (Lipinski definition) is 1. The molecule has 0 fully saturated rings. The van der Waals surface area contributed by atoms with Gasteiger partial charge in [0.2, 0.25) is 0 Å². The summed E-state index contributed by atoms with van der Waals surface area (Å²) in [5.74, 6) is 1.61. The van der Waals surface area contributed by atoms with Crippen molar-refractivity contribution in [2.24, 2.45) is 5.73 Å². The fourth-order valence-electron chi connectivity index (χ4n) is 1.93. The van der Waals surface area contributed by atoms with Crippen molar-refractivity contribution in [2.45, 2.75) is 19.4 Å². The van der Waals surface area contributed by atoms with Crippen LogP contribution < -0.4 is 15.2 Å². The molecular weight excluding hydrogens is 260 g/mol. The molecule has 0 saturated carbocycles. The first-order valence-electron chi connectivity index (χ1n) is 6.35. The third kappa shape index (κ3) is 2.57. The predicted octanol–water partition coefficient (Wildman–Crippen LogP) is 2.99. The number of rotatable bonds is 2. The molecule has 3 rings (SSSR count). The van der Waals surface area contributed by atoms with Gasteiger partial charge in [-0.25, -0.2) is 4.98 Å². The molecule has 0 aliphatic carbocycles. The van der Waals surface area contributed by atoms with Gasteiger partial charge in [0.15, 0.2) is 11.5 Å². The van der Waals surface area contributed by atoms with Crippen molar-refractivity contribution in [1.82, 2.24) is 4.98 Å². The lowest BCUT2D eigenvalue weighted by atomic mass is 10.2. The van der Waals surface area contributed by atoms with Crippen LogP contribution in [-0.2, 0) is 0 Å². The first kappa shape index (κ1) is 12.4. The molecule has 0 saturated heterocycles. The molecule has 0 spiro atoms. The number of thiazole rings is 1. The van der Waals surface area contributed by atoms with E-state index in [1.165, 1.54) is 0 Å². The van der Waals surface area contributed by atoms with Crippen molar-refractivity contribution in [3.05, 3.63) is 29.3 Å². The Kier molecular flexibility index (Phi) is 3.40. The van der Waals surface area contributed by atoms with E-state index in [0.29, 0.717) is 13.2 Å². The first-order chi connectivity index (χ1) is 9.24. The number of hydrogen-bond acceptors (Lipinski definition) is 5. The summed E-state index contributed by atoms with van der Waals surface area (Å²) < 4.78 is 11.3. The summed E-state index contributed by atoms with van der Waals surface area (Å²) in [7, 11) is 0. The van der Waals surface area contributed by atoms with Crippen LogP contribution >= 0.6 is 11.3 Å². The summed E-state index contributed by atoms with van der Waals surface area (Å²) in [4.78, 5) is 5.51. The molecule has 1 aromatic heterocycles. The van der Waals surface area contributed by atoms with Crippen LogP contribution in [0.25, 0.3) is 10.6 Å². The van der Waals surface area contributed by atoms with Crippen molar-refractivity contribution in [1.29, 1.82) is 0 Å². The molecule has 19 heavy (non-hydrogen) atoms. The highest BCUT2D eigenvalue weighted by atomic mass is 32.1. The maximum Gasteiger partial charge on any atom is 0.161 e. The van der Waals surface area contributed by atoms with Crippen LogP contribution in [0.1, 0.15) is 24.3 Å². The van der Waals surface area contributed by atoms with Crippen LogP contribution in [0.3, 0.4) is 0 Å². The maximum atomic E-state index is 5.86. The fraction of sp³-hybridized carbons (Fsp3) is 0.357. The van der Waals surface area contributed by atoms with E-state index >= 15 is 0 Å². The molecule has 2 N–H and O–H groups in total.